The van der Waals surface area contributed by atoms with Gasteiger partial charge in [0.15, 0.2) is 0 Å². The number of alkyl halides is 1. The van der Waals surface area contributed by atoms with Gasteiger partial charge in [0.2, 0.25) is 0 Å². The van der Waals surface area contributed by atoms with Gasteiger partial charge < -0.3 is 14.5 Å². The Bertz CT molecular complexity index is 722. The van der Waals surface area contributed by atoms with E-state index >= 15 is 0 Å². The summed E-state index contributed by atoms with van der Waals surface area (Å²) in [7, 11) is -4.41. The summed E-state index contributed by atoms with van der Waals surface area (Å²) in [6.45, 7) is 4.59. The van der Waals surface area contributed by atoms with Crippen molar-refractivity contribution in [3.8, 4) is 16.9 Å². The van der Waals surface area contributed by atoms with Crippen molar-refractivity contribution in [2.75, 3.05) is 6.61 Å². The summed E-state index contributed by atoms with van der Waals surface area (Å²) in [5.74, 6) is 0.723. The summed E-state index contributed by atoms with van der Waals surface area (Å²) in [5, 5.41) is 0.706. The molecule has 0 aliphatic heterocycles. The molecule has 0 unspecified atom stereocenters. The molecule has 0 radical (unpaired) electrons. The smallest absolute Gasteiger partial charge is 0.359 e. The van der Waals surface area contributed by atoms with Crippen LogP contribution in [0.2, 0.25) is 0 Å². The van der Waals surface area contributed by atoms with Crippen LogP contribution >= 0.6 is 23.5 Å². The molecule has 0 fully saturated rings. The third kappa shape index (κ3) is 5.18. The Hall–Kier alpha value is -1.13. The average molecular weight is 413 g/mol. The number of rotatable bonds is 7. The van der Waals surface area contributed by atoms with Crippen molar-refractivity contribution >= 4 is 28.8 Å². The molecule has 4 nitrogen and oxygen atoms in total. The summed E-state index contributed by atoms with van der Waals surface area (Å²) in [6.07, 6.45) is 0.830. The fourth-order valence-electron chi connectivity index (χ4n) is 2.24. The van der Waals surface area contributed by atoms with Crippen LogP contribution in [-0.2, 0) is 9.90 Å². The first kappa shape index (κ1) is 19.2. The molecule has 0 atom stereocenters. The maximum absolute atomic E-state index is 11.8. The third-order valence-corrected chi connectivity index (χ3v) is 5.29. The average Bonchev–Trinajstić information content (AvgIpc) is 2.54. The molecule has 2 aromatic carbocycles. The van der Waals surface area contributed by atoms with E-state index in [0.29, 0.717) is 12.5 Å². The van der Waals surface area contributed by atoms with E-state index < -0.39 is 7.60 Å². The lowest BCUT2D eigenvalue weighted by Crippen LogP contribution is -2.12. The molecule has 24 heavy (non-hydrogen) atoms. The van der Waals surface area contributed by atoms with Gasteiger partial charge in [0.05, 0.1) is 6.61 Å². The zero-order valence-electron chi connectivity index (χ0n) is 13.8. The molecule has 0 amide bonds. The highest BCUT2D eigenvalue weighted by atomic mass is 79.9. The topological polar surface area (TPSA) is 66.8 Å². The molecule has 0 saturated heterocycles. The van der Waals surface area contributed by atoms with E-state index in [4.69, 9.17) is 4.74 Å². The van der Waals surface area contributed by atoms with Gasteiger partial charge in [-0.2, -0.15) is 0 Å². The quantitative estimate of drug-likeness (QED) is 0.519. The first-order valence-corrected chi connectivity index (χ1v) is 10.5. The highest BCUT2D eigenvalue weighted by molar-refractivity contribution is 9.08. The van der Waals surface area contributed by atoms with E-state index in [9.17, 15) is 14.4 Å². The second-order valence-corrected chi connectivity index (χ2v) is 8.22. The van der Waals surface area contributed by atoms with Crippen LogP contribution in [0, 0.1) is 5.92 Å². The molecule has 0 heterocycles. The molecule has 2 rings (SSSR count). The van der Waals surface area contributed by atoms with Crippen molar-refractivity contribution in [2.45, 2.75) is 25.6 Å². The summed E-state index contributed by atoms with van der Waals surface area (Å²) in [5.41, 5.74) is 2.80. The van der Waals surface area contributed by atoms with Crippen molar-refractivity contribution in [1.82, 2.24) is 0 Å². The highest BCUT2D eigenvalue weighted by Crippen LogP contribution is 2.39. The molecule has 0 bridgehead atoms. The van der Waals surface area contributed by atoms with Gasteiger partial charge in [-0.15, -0.1) is 0 Å². The molecule has 0 saturated carbocycles. The van der Waals surface area contributed by atoms with E-state index in [0.717, 1.165) is 28.4 Å². The molecule has 2 N–H and O–H groups in total. The van der Waals surface area contributed by atoms with Crippen molar-refractivity contribution in [3.63, 3.8) is 0 Å². The van der Waals surface area contributed by atoms with Crippen LogP contribution in [0.25, 0.3) is 11.1 Å². The second-order valence-electron chi connectivity index (χ2n) is 6.09. The van der Waals surface area contributed by atoms with Crippen LogP contribution in [0.5, 0.6) is 5.75 Å². The zero-order chi connectivity index (χ0) is 17.7. The molecule has 0 spiro atoms. The molecule has 2 aromatic rings. The van der Waals surface area contributed by atoms with Crippen LogP contribution in [0.1, 0.15) is 25.8 Å². The van der Waals surface area contributed by atoms with Gasteiger partial charge >= 0.3 is 7.60 Å². The first-order valence-electron chi connectivity index (χ1n) is 7.79. The Balaban J connectivity index is 2.33. The van der Waals surface area contributed by atoms with E-state index in [1.165, 1.54) is 6.07 Å². The Labute approximate surface area is 151 Å². The number of hydrogen-bond acceptors (Lipinski definition) is 2. The summed E-state index contributed by atoms with van der Waals surface area (Å²) >= 11 is 3.40. The maximum Gasteiger partial charge on any atom is 0.359 e. The normalized spacial score (nSPS) is 11.8. The molecule has 6 heteroatoms. The summed E-state index contributed by atoms with van der Waals surface area (Å²) < 4.78 is 17.4. The molecule has 0 aliphatic rings. The van der Waals surface area contributed by atoms with Gasteiger partial charge in [-0.1, -0.05) is 60.1 Å². The Morgan fingerprint density at radius 1 is 1.08 bits per heavy atom. The Morgan fingerprint density at radius 3 is 2.25 bits per heavy atom. The van der Waals surface area contributed by atoms with Gasteiger partial charge in [-0.25, -0.2) is 0 Å². The fourth-order valence-corrected chi connectivity index (χ4v) is 3.34. The van der Waals surface area contributed by atoms with Crippen molar-refractivity contribution in [2.24, 2.45) is 5.92 Å². The number of hydrogen-bond donors (Lipinski definition) is 2. The predicted molar refractivity (Wildman–Crippen MR) is 101 cm³/mol. The van der Waals surface area contributed by atoms with E-state index in [-0.39, 0.29) is 11.1 Å². The minimum Gasteiger partial charge on any atom is -0.493 e. The standard InChI is InChI=1S/C18H22BrO4P/c1-13(2)9-10-23-17-8-7-16(11-18(17)24(20,21)22)15-5-3-14(12-19)4-6-15/h3-8,11,13H,9-10,12H2,1-2H3,(H2,20,21,22). The Morgan fingerprint density at radius 2 is 1.71 bits per heavy atom. The highest BCUT2D eigenvalue weighted by Gasteiger charge is 2.23. The largest absolute Gasteiger partial charge is 0.493 e. The van der Waals surface area contributed by atoms with E-state index in [1.54, 1.807) is 6.07 Å². The number of benzene rings is 2. The van der Waals surface area contributed by atoms with Gasteiger partial charge in [0.25, 0.3) is 0 Å². The minimum absolute atomic E-state index is 0.0617. The van der Waals surface area contributed by atoms with Crippen molar-refractivity contribution in [1.29, 1.82) is 0 Å². The van der Waals surface area contributed by atoms with Gasteiger partial charge in [0, 0.05) is 5.33 Å². The van der Waals surface area contributed by atoms with Crippen molar-refractivity contribution in [3.05, 3.63) is 48.0 Å². The predicted octanol–water partition coefficient (Wildman–Crippen LogP) is 4.48. The van der Waals surface area contributed by atoms with Gasteiger partial charge in [0.1, 0.15) is 11.1 Å². The van der Waals surface area contributed by atoms with Crippen LogP contribution in [-0.4, -0.2) is 16.4 Å². The van der Waals surface area contributed by atoms with Crippen molar-refractivity contribution < 1.29 is 19.1 Å². The zero-order valence-corrected chi connectivity index (χ0v) is 16.3. The summed E-state index contributed by atoms with van der Waals surface area (Å²) in [6, 6.07) is 12.8. The lowest BCUT2D eigenvalue weighted by atomic mass is 10.0. The van der Waals surface area contributed by atoms with Gasteiger partial charge in [-0.05, 0) is 41.2 Å². The molecule has 0 aliphatic carbocycles. The lowest BCUT2D eigenvalue weighted by molar-refractivity contribution is 0.290. The summed E-state index contributed by atoms with van der Waals surface area (Å²) in [4.78, 5) is 19.3. The fraction of sp³-hybridized carbons (Fsp3) is 0.333. The Kier molecular flexibility index (Phi) is 6.64. The SMILES string of the molecule is CC(C)CCOc1ccc(-c2ccc(CBr)cc2)cc1P(=O)(O)O. The monoisotopic (exact) mass is 412 g/mol. The van der Waals surface area contributed by atoms with Crippen LogP contribution < -0.4 is 10.0 Å². The van der Waals surface area contributed by atoms with E-state index in [2.05, 4.69) is 29.8 Å². The number of ether oxygens (including phenoxy) is 1. The molecular weight excluding hydrogens is 391 g/mol. The molecular formula is C18H22BrO4P. The van der Waals surface area contributed by atoms with Crippen LogP contribution in [0.15, 0.2) is 42.5 Å². The van der Waals surface area contributed by atoms with E-state index in [1.807, 2.05) is 30.3 Å². The van der Waals surface area contributed by atoms with Crippen LogP contribution in [0.4, 0.5) is 0 Å². The van der Waals surface area contributed by atoms with Crippen LogP contribution in [0.3, 0.4) is 0 Å². The first-order chi connectivity index (χ1) is 11.3. The second kappa shape index (κ2) is 8.30. The maximum atomic E-state index is 11.8. The lowest BCUT2D eigenvalue weighted by Gasteiger charge is -2.15. The van der Waals surface area contributed by atoms with Gasteiger partial charge in [-0.3, -0.25) is 4.57 Å². The molecule has 130 valence electrons. The minimum atomic E-state index is -4.41. The third-order valence-electron chi connectivity index (χ3n) is 3.67. The number of halogens is 1. The molecule has 0 aromatic heterocycles.